The number of hydrogen-bond acceptors (Lipinski definition) is 3. The Balaban J connectivity index is 2.37. The lowest BCUT2D eigenvalue weighted by molar-refractivity contribution is 0.620. The summed E-state index contributed by atoms with van der Waals surface area (Å²) in [6.07, 6.45) is 6.16. The maximum atomic E-state index is 3.94. The monoisotopic (exact) mass is 177 g/mol. The minimum atomic E-state index is 0.559. The van der Waals surface area contributed by atoms with Gasteiger partial charge in [0.1, 0.15) is 0 Å². The highest BCUT2D eigenvalue weighted by Gasteiger charge is 2.18. The maximum Gasteiger partial charge on any atom is 0.0732 e. The van der Waals surface area contributed by atoms with E-state index in [1.165, 1.54) is 17.7 Å². The molecule has 3 nitrogen and oxygen atoms in total. The zero-order chi connectivity index (χ0) is 9.26. The summed E-state index contributed by atoms with van der Waals surface area (Å²) in [5.74, 6) is 0. The molecule has 0 radical (unpaired) electrons. The number of hydrogen-bond donors (Lipinski definition) is 0. The first-order valence-electron chi connectivity index (χ1n) is 4.85. The van der Waals surface area contributed by atoms with Gasteiger partial charge in [-0.1, -0.05) is 0 Å². The lowest BCUT2D eigenvalue weighted by atomic mass is 10.0. The van der Waals surface area contributed by atoms with E-state index in [2.05, 4.69) is 28.9 Å². The lowest BCUT2D eigenvalue weighted by Gasteiger charge is -2.33. The van der Waals surface area contributed by atoms with Crippen molar-refractivity contribution in [2.45, 2.75) is 32.7 Å². The van der Waals surface area contributed by atoms with E-state index in [4.69, 9.17) is 0 Å². The standard InChI is InChI=1S/C10H15N3/c1-8(2)13-5-3-4-9-6-11-12-7-10(9)13/h6-8H,3-5H2,1-2H3. The van der Waals surface area contributed by atoms with Crippen LogP contribution in [-0.2, 0) is 6.42 Å². The van der Waals surface area contributed by atoms with Gasteiger partial charge >= 0.3 is 0 Å². The Morgan fingerprint density at radius 2 is 2.08 bits per heavy atom. The van der Waals surface area contributed by atoms with Crippen LogP contribution in [0.3, 0.4) is 0 Å². The average molecular weight is 177 g/mol. The van der Waals surface area contributed by atoms with Crippen molar-refractivity contribution in [3.05, 3.63) is 18.0 Å². The summed E-state index contributed by atoms with van der Waals surface area (Å²) in [7, 11) is 0. The van der Waals surface area contributed by atoms with E-state index in [9.17, 15) is 0 Å². The lowest BCUT2D eigenvalue weighted by Crippen LogP contribution is -2.35. The van der Waals surface area contributed by atoms with Crippen molar-refractivity contribution in [1.82, 2.24) is 10.2 Å². The van der Waals surface area contributed by atoms with Crippen LogP contribution in [0.5, 0.6) is 0 Å². The molecule has 2 heterocycles. The Morgan fingerprint density at radius 1 is 1.31 bits per heavy atom. The molecule has 1 aromatic heterocycles. The quantitative estimate of drug-likeness (QED) is 0.653. The molecular formula is C10H15N3. The molecule has 0 amide bonds. The van der Waals surface area contributed by atoms with E-state index >= 15 is 0 Å². The van der Waals surface area contributed by atoms with Crippen molar-refractivity contribution in [3.8, 4) is 0 Å². The van der Waals surface area contributed by atoms with Crippen molar-refractivity contribution in [2.24, 2.45) is 0 Å². The Kier molecular flexibility index (Phi) is 2.17. The zero-order valence-electron chi connectivity index (χ0n) is 8.20. The highest BCUT2D eigenvalue weighted by Crippen LogP contribution is 2.26. The highest BCUT2D eigenvalue weighted by atomic mass is 15.2. The summed E-state index contributed by atoms with van der Waals surface area (Å²) in [5, 5.41) is 7.85. The predicted octanol–water partition coefficient (Wildman–Crippen LogP) is 1.64. The van der Waals surface area contributed by atoms with E-state index in [0.29, 0.717) is 6.04 Å². The number of fused-ring (bicyclic) bond motifs is 1. The summed E-state index contributed by atoms with van der Waals surface area (Å²) >= 11 is 0. The summed E-state index contributed by atoms with van der Waals surface area (Å²) in [6.45, 7) is 5.58. The molecule has 0 bridgehead atoms. The minimum absolute atomic E-state index is 0.559. The molecule has 1 aliphatic heterocycles. The molecule has 0 N–H and O–H groups in total. The molecule has 1 aromatic rings. The van der Waals surface area contributed by atoms with Crippen LogP contribution in [0.2, 0.25) is 0 Å². The second kappa shape index (κ2) is 3.32. The Hall–Kier alpha value is -1.12. The van der Waals surface area contributed by atoms with Gasteiger partial charge in [-0.15, -0.1) is 0 Å². The molecule has 0 saturated carbocycles. The predicted molar refractivity (Wildman–Crippen MR) is 52.8 cm³/mol. The van der Waals surface area contributed by atoms with Crippen LogP contribution in [0, 0.1) is 0 Å². The van der Waals surface area contributed by atoms with Crippen LogP contribution in [-0.4, -0.2) is 22.8 Å². The second-order valence-electron chi connectivity index (χ2n) is 3.79. The van der Waals surface area contributed by atoms with Crippen molar-refractivity contribution >= 4 is 5.69 Å². The van der Waals surface area contributed by atoms with Crippen LogP contribution in [0.4, 0.5) is 5.69 Å². The smallest absolute Gasteiger partial charge is 0.0732 e. The van der Waals surface area contributed by atoms with Crippen LogP contribution >= 0.6 is 0 Å². The summed E-state index contributed by atoms with van der Waals surface area (Å²) in [5.41, 5.74) is 2.62. The van der Waals surface area contributed by atoms with E-state index in [1.54, 1.807) is 0 Å². The van der Waals surface area contributed by atoms with Crippen molar-refractivity contribution in [2.75, 3.05) is 11.4 Å². The van der Waals surface area contributed by atoms with Gasteiger partial charge in [0.15, 0.2) is 0 Å². The molecule has 0 fully saturated rings. The first-order chi connectivity index (χ1) is 6.29. The summed E-state index contributed by atoms with van der Waals surface area (Å²) < 4.78 is 0. The molecule has 0 saturated heterocycles. The second-order valence-corrected chi connectivity index (χ2v) is 3.79. The van der Waals surface area contributed by atoms with Gasteiger partial charge in [0.2, 0.25) is 0 Å². The largest absolute Gasteiger partial charge is 0.368 e. The van der Waals surface area contributed by atoms with Crippen molar-refractivity contribution < 1.29 is 0 Å². The van der Waals surface area contributed by atoms with Gasteiger partial charge in [-0.25, -0.2) is 0 Å². The number of rotatable bonds is 1. The van der Waals surface area contributed by atoms with Gasteiger partial charge in [0.25, 0.3) is 0 Å². The Morgan fingerprint density at radius 3 is 2.85 bits per heavy atom. The van der Waals surface area contributed by atoms with Crippen LogP contribution in [0.25, 0.3) is 0 Å². The normalized spacial score (nSPS) is 16.1. The third-order valence-corrected chi connectivity index (χ3v) is 2.57. The molecule has 3 heteroatoms. The fraction of sp³-hybridized carbons (Fsp3) is 0.600. The van der Waals surface area contributed by atoms with Gasteiger partial charge < -0.3 is 4.90 Å². The molecule has 0 aliphatic carbocycles. The summed E-state index contributed by atoms with van der Waals surface area (Å²) in [4.78, 5) is 2.40. The third-order valence-electron chi connectivity index (χ3n) is 2.57. The molecule has 0 aromatic carbocycles. The number of aryl methyl sites for hydroxylation is 1. The fourth-order valence-corrected chi connectivity index (χ4v) is 1.89. The van der Waals surface area contributed by atoms with Crippen LogP contribution in [0.1, 0.15) is 25.8 Å². The molecule has 70 valence electrons. The number of anilines is 1. The molecular weight excluding hydrogens is 162 g/mol. The van der Waals surface area contributed by atoms with Gasteiger partial charge in [0, 0.05) is 12.6 Å². The van der Waals surface area contributed by atoms with Crippen LogP contribution in [0.15, 0.2) is 12.4 Å². The molecule has 0 atom stereocenters. The number of aromatic nitrogens is 2. The van der Waals surface area contributed by atoms with E-state index in [0.717, 1.165) is 13.0 Å². The summed E-state index contributed by atoms with van der Waals surface area (Å²) in [6, 6.07) is 0.559. The van der Waals surface area contributed by atoms with Gasteiger partial charge in [-0.05, 0) is 32.3 Å². The van der Waals surface area contributed by atoms with Crippen molar-refractivity contribution in [1.29, 1.82) is 0 Å². The first kappa shape index (κ1) is 8.48. The first-order valence-corrected chi connectivity index (χ1v) is 4.85. The van der Waals surface area contributed by atoms with E-state index < -0.39 is 0 Å². The molecule has 0 unspecified atom stereocenters. The van der Waals surface area contributed by atoms with Gasteiger partial charge in [-0.3, -0.25) is 0 Å². The highest BCUT2D eigenvalue weighted by molar-refractivity contribution is 5.53. The van der Waals surface area contributed by atoms with Crippen molar-refractivity contribution in [3.63, 3.8) is 0 Å². The Bertz CT molecular complexity index is 296. The minimum Gasteiger partial charge on any atom is -0.368 e. The molecule has 2 rings (SSSR count). The van der Waals surface area contributed by atoms with Crippen LogP contribution < -0.4 is 4.90 Å². The Labute approximate surface area is 78.8 Å². The molecule has 13 heavy (non-hydrogen) atoms. The fourth-order valence-electron chi connectivity index (χ4n) is 1.89. The third kappa shape index (κ3) is 1.50. The maximum absolute atomic E-state index is 3.94. The van der Waals surface area contributed by atoms with E-state index in [1.807, 2.05) is 12.4 Å². The SMILES string of the molecule is CC(C)N1CCCc2cnncc21. The average Bonchev–Trinajstić information content (AvgIpc) is 2.17. The molecule has 0 spiro atoms. The molecule has 1 aliphatic rings. The zero-order valence-corrected chi connectivity index (χ0v) is 8.20. The van der Waals surface area contributed by atoms with E-state index in [-0.39, 0.29) is 0 Å². The number of nitrogens with zero attached hydrogens (tertiary/aromatic N) is 3. The van der Waals surface area contributed by atoms with Gasteiger partial charge in [-0.2, -0.15) is 10.2 Å². The topological polar surface area (TPSA) is 29.0 Å². The van der Waals surface area contributed by atoms with Gasteiger partial charge in [0.05, 0.1) is 18.1 Å².